The van der Waals surface area contributed by atoms with E-state index in [2.05, 4.69) is 4.98 Å². The second kappa shape index (κ2) is 7.79. The van der Waals surface area contributed by atoms with Crippen molar-refractivity contribution in [2.24, 2.45) is 7.05 Å². The van der Waals surface area contributed by atoms with Gasteiger partial charge in [0.2, 0.25) is 0 Å². The first-order valence-corrected chi connectivity index (χ1v) is 10.9. The Labute approximate surface area is 173 Å². The van der Waals surface area contributed by atoms with Crippen LogP contribution < -0.4 is 5.73 Å². The fourth-order valence-electron chi connectivity index (χ4n) is 3.36. The molecule has 1 aromatic heterocycles. The molecule has 0 fully saturated rings. The van der Waals surface area contributed by atoms with E-state index in [4.69, 9.17) is 5.73 Å². The van der Waals surface area contributed by atoms with Crippen LogP contribution in [0.2, 0.25) is 0 Å². The van der Waals surface area contributed by atoms with Crippen LogP contribution in [0.5, 0.6) is 0 Å². The van der Waals surface area contributed by atoms with Gasteiger partial charge in [0.1, 0.15) is 5.82 Å². The van der Waals surface area contributed by atoms with Crippen LogP contribution in [0, 0.1) is 0 Å². The highest BCUT2D eigenvalue weighted by molar-refractivity contribution is 7.95. The number of alkyl halides is 3. The molecular weight excluding hydrogens is 415 g/mol. The Morgan fingerprint density at radius 1 is 1.23 bits per heavy atom. The summed E-state index contributed by atoms with van der Waals surface area (Å²) in [5.74, 6) is -0.471. The van der Waals surface area contributed by atoms with Crippen molar-refractivity contribution < 1.29 is 21.6 Å². The van der Waals surface area contributed by atoms with Gasteiger partial charge in [-0.2, -0.15) is 13.2 Å². The van der Waals surface area contributed by atoms with Crippen LogP contribution >= 0.6 is 0 Å². The van der Waals surface area contributed by atoms with Crippen molar-refractivity contribution in [2.75, 3.05) is 11.5 Å². The summed E-state index contributed by atoms with van der Waals surface area (Å²) in [5, 5.41) is 0. The molecule has 0 spiro atoms. The zero-order valence-electron chi connectivity index (χ0n) is 16.7. The lowest BCUT2D eigenvalue weighted by molar-refractivity contribution is -0.137. The fourth-order valence-corrected chi connectivity index (χ4v) is 4.64. The molecule has 0 aliphatic rings. The average Bonchev–Trinajstić information content (AvgIpc) is 3.02. The third kappa shape index (κ3) is 4.07. The second-order valence-electron chi connectivity index (χ2n) is 7.03. The van der Waals surface area contributed by atoms with Gasteiger partial charge in [-0.25, -0.2) is 13.4 Å². The SMILES string of the molecule is CCS(=O)(=O)/C(=C/c1ccccc1N)C(C)c1nc2cc(C(F)(F)F)ccc2n1C. The molecule has 30 heavy (non-hydrogen) atoms. The highest BCUT2D eigenvalue weighted by Crippen LogP contribution is 2.35. The standard InChI is InChI=1S/C21H22F3N3O2S/c1-4-30(28,29)19(11-14-7-5-6-8-16(14)25)13(2)20-26-17-12-15(21(22,23)24)9-10-18(17)27(20)3/h5-13H,4,25H2,1-3H3/b19-11+. The Hall–Kier alpha value is -2.81. The number of nitrogens with zero attached hydrogens (tertiary/aromatic N) is 2. The minimum atomic E-state index is -4.49. The number of aromatic nitrogens is 2. The maximum Gasteiger partial charge on any atom is 0.416 e. The van der Waals surface area contributed by atoms with Crippen LogP contribution in [0.1, 0.15) is 36.7 Å². The minimum Gasteiger partial charge on any atom is -0.398 e. The molecular formula is C21H22F3N3O2S. The highest BCUT2D eigenvalue weighted by atomic mass is 32.2. The largest absolute Gasteiger partial charge is 0.416 e. The highest BCUT2D eigenvalue weighted by Gasteiger charge is 2.32. The average molecular weight is 437 g/mol. The molecule has 9 heteroatoms. The van der Waals surface area contributed by atoms with Crippen molar-refractivity contribution in [3.05, 3.63) is 64.3 Å². The number of fused-ring (bicyclic) bond motifs is 1. The molecule has 1 unspecified atom stereocenters. The maximum absolute atomic E-state index is 13.1. The topological polar surface area (TPSA) is 78.0 Å². The summed E-state index contributed by atoms with van der Waals surface area (Å²) in [6.45, 7) is 3.21. The number of benzene rings is 2. The van der Waals surface area contributed by atoms with E-state index in [1.165, 1.54) is 19.1 Å². The van der Waals surface area contributed by atoms with Crippen LogP contribution in [0.3, 0.4) is 0 Å². The normalized spacial score (nSPS) is 14.3. The molecule has 1 atom stereocenters. The molecule has 160 valence electrons. The summed E-state index contributed by atoms with van der Waals surface area (Å²) in [4.78, 5) is 4.45. The van der Waals surface area contributed by atoms with E-state index in [0.717, 1.165) is 12.1 Å². The Balaban J connectivity index is 2.18. The summed E-state index contributed by atoms with van der Waals surface area (Å²) in [6.07, 6.45) is -2.97. The second-order valence-corrected chi connectivity index (χ2v) is 9.31. The zero-order valence-corrected chi connectivity index (χ0v) is 17.6. The van der Waals surface area contributed by atoms with Gasteiger partial charge in [-0.3, -0.25) is 0 Å². The number of rotatable bonds is 5. The predicted molar refractivity (Wildman–Crippen MR) is 112 cm³/mol. The Morgan fingerprint density at radius 2 is 1.90 bits per heavy atom. The number of allylic oxidation sites excluding steroid dienone is 1. The molecule has 0 saturated heterocycles. The van der Waals surface area contributed by atoms with Crippen LogP contribution in [-0.4, -0.2) is 23.7 Å². The molecule has 2 aromatic carbocycles. The molecule has 0 saturated carbocycles. The number of para-hydroxylation sites is 1. The molecule has 0 bridgehead atoms. The zero-order chi connectivity index (χ0) is 22.3. The van der Waals surface area contributed by atoms with Crippen molar-refractivity contribution >= 4 is 32.6 Å². The van der Waals surface area contributed by atoms with E-state index in [9.17, 15) is 21.6 Å². The van der Waals surface area contributed by atoms with Gasteiger partial charge >= 0.3 is 6.18 Å². The van der Waals surface area contributed by atoms with Gasteiger partial charge in [-0.05, 0) is 35.9 Å². The summed E-state index contributed by atoms with van der Waals surface area (Å²) in [7, 11) is -1.98. The number of nitrogens with two attached hydrogens (primary N) is 1. The molecule has 2 N–H and O–H groups in total. The molecule has 0 aliphatic carbocycles. The first-order chi connectivity index (χ1) is 14.0. The minimum absolute atomic E-state index is 0.109. The molecule has 0 amide bonds. The van der Waals surface area contributed by atoms with Gasteiger partial charge in [0, 0.05) is 12.7 Å². The van der Waals surface area contributed by atoms with E-state index in [1.54, 1.807) is 42.8 Å². The first-order valence-electron chi connectivity index (χ1n) is 9.28. The van der Waals surface area contributed by atoms with Gasteiger partial charge in [-0.15, -0.1) is 0 Å². The lowest BCUT2D eigenvalue weighted by Gasteiger charge is -2.16. The third-order valence-corrected chi connectivity index (χ3v) is 7.04. The van der Waals surface area contributed by atoms with Crippen molar-refractivity contribution in [3.8, 4) is 0 Å². The van der Waals surface area contributed by atoms with Gasteiger partial charge in [-0.1, -0.05) is 32.0 Å². The van der Waals surface area contributed by atoms with E-state index in [0.29, 0.717) is 22.6 Å². The summed E-state index contributed by atoms with van der Waals surface area (Å²) in [6, 6.07) is 10.2. The van der Waals surface area contributed by atoms with Crippen LogP contribution in [-0.2, 0) is 23.1 Å². The number of halogens is 3. The Kier molecular flexibility index (Phi) is 5.68. The molecule has 0 radical (unpaired) electrons. The van der Waals surface area contributed by atoms with Crippen LogP contribution in [0.25, 0.3) is 17.1 Å². The first kappa shape index (κ1) is 21.9. The smallest absolute Gasteiger partial charge is 0.398 e. The van der Waals surface area contributed by atoms with E-state index >= 15 is 0 Å². The van der Waals surface area contributed by atoms with Crippen LogP contribution in [0.15, 0.2) is 47.4 Å². The number of hydrogen-bond donors (Lipinski definition) is 1. The molecule has 5 nitrogen and oxygen atoms in total. The summed E-state index contributed by atoms with van der Waals surface area (Å²) >= 11 is 0. The monoisotopic (exact) mass is 437 g/mol. The lowest BCUT2D eigenvalue weighted by atomic mass is 10.1. The number of aryl methyl sites for hydroxylation is 1. The molecule has 3 rings (SSSR count). The van der Waals surface area contributed by atoms with Crippen LogP contribution in [0.4, 0.5) is 18.9 Å². The van der Waals surface area contributed by atoms with Gasteiger partial charge < -0.3 is 10.3 Å². The van der Waals surface area contributed by atoms with Gasteiger partial charge in [0.25, 0.3) is 0 Å². The Bertz CT molecular complexity index is 1230. The maximum atomic E-state index is 13.1. The van der Waals surface area contributed by atoms with E-state index < -0.39 is 27.5 Å². The Morgan fingerprint density at radius 3 is 2.50 bits per heavy atom. The molecule has 3 aromatic rings. The van der Waals surface area contributed by atoms with Crippen molar-refractivity contribution in [1.82, 2.24) is 9.55 Å². The predicted octanol–water partition coefficient (Wildman–Crippen LogP) is 4.75. The van der Waals surface area contributed by atoms with Crippen molar-refractivity contribution in [3.63, 3.8) is 0 Å². The number of nitrogen functional groups attached to an aromatic ring is 1. The fraction of sp³-hybridized carbons (Fsp3) is 0.286. The quantitative estimate of drug-likeness (QED) is 0.584. The van der Waals surface area contributed by atoms with Gasteiger partial charge in [0.05, 0.1) is 33.2 Å². The number of sulfone groups is 1. The lowest BCUT2D eigenvalue weighted by Crippen LogP contribution is -2.15. The molecule has 0 aliphatic heterocycles. The number of imidazole rings is 1. The van der Waals surface area contributed by atoms with Crippen molar-refractivity contribution in [1.29, 1.82) is 0 Å². The summed E-state index contributed by atoms with van der Waals surface area (Å²) in [5.41, 5.74) is 6.78. The third-order valence-electron chi connectivity index (χ3n) is 5.09. The molecule has 1 heterocycles. The number of hydrogen-bond acceptors (Lipinski definition) is 4. The van der Waals surface area contributed by atoms with Gasteiger partial charge in [0.15, 0.2) is 9.84 Å². The number of anilines is 1. The summed E-state index contributed by atoms with van der Waals surface area (Å²) < 4.78 is 66.5. The van der Waals surface area contributed by atoms with Crippen molar-refractivity contribution in [2.45, 2.75) is 25.9 Å². The van der Waals surface area contributed by atoms with E-state index in [-0.39, 0.29) is 16.2 Å². The van der Waals surface area contributed by atoms with E-state index in [1.807, 2.05) is 0 Å².